The minimum absolute atomic E-state index is 0.310. The normalized spacial score (nSPS) is 14.5. The summed E-state index contributed by atoms with van der Waals surface area (Å²) in [4.78, 5) is 0. The summed E-state index contributed by atoms with van der Waals surface area (Å²) in [7, 11) is 0. The van der Waals surface area contributed by atoms with Crippen molar-refractivity contribution in [2.45, 2.75) is 59.0 Å². The van der Waals surface area contributed by atoms with Crippen molar-refractivity contribution in [1.82, 2.24) is 10.6 Å². The first-order valence-electron chi connectivity index (χ1n) is 7.69. The summed E-state index contributed by atoms with van der Waals surface area (Å²) < 4.78 is 5.30. The average Bonchev–Trinajstić information content (AvgIpc) is 2.46. The van der Waals surface area contributed by atoms with Gasteiger partial charge in [-0.25, -0.2) is 0 Å². The van der Waals surface area contributed by atoms with Crippen molar-refractivity contribution in [3.63, 3.8) is 0 Å². The van der Waals surface area contributed by atoms with Crippen molar-refractivity contribution in [3.8, 4) is 0 Å². The second-order valence-electron chi connectivity index (χ2n) is 6.33. The van der Waals surface area contributed by atoms with E-state index in [0.717, 1.165) is 19.5 Å². The molecule has 0 aliphatic carbocycles. The molecule has 0 rings (SSSR count). The molecule has 0 spiro atoms. The van der Waals surface area contributed by atoms with E-state index >= 15 is 0 Å². The number of hydrogen-bond donors (Lipinski definition) is 4. The summed E-state index contributed by atoms with van der Waals surface area (Å²) in [6.07, 6.45) is 0.888. The van der Waals surface area contributed by atoms with E-state index in [-0.39, 0.29) is 5.54 Å². The molecule has 0 saturated carbocycles. The molecular formula is C15H32N4O3. The van der Waals surface area contributed by atoms with E-state index in [9.17, 15) is 0 Å². The molecule has 0 atom stereocenters. The van der Waals surface area contributed by atoms with E-state index in [1.807, 2.05) is 34.6 Å². The van der Waals surface area contributed by atoms with Crippen molar-refractivity contribution in [1.29, 1.82) is 0 Å². The minimum atomic E-state index is -0.429. The zero-order valence-corrected chi connectivity index (χ0v) is 14.7. The predicted molar refractivity (Wildman–Crippen MR) is 89.4 cm³/mol. The predicted octanol–water partition coefficient (Wildman–Crippen LogP) is 1.83. The van der Waals surface area contributed by atoms with Crippen LogP contribution >= 0.6 is 0 Å². The first-order valence-corrected chi connectivity index (χ1v) is 7.69. The van der Waals surface area contributed by atoms with Crippen LogP contribution in [0.4, 0.5) is 0 Å². The molecule has 22 heavy (non-hydrogen) atoms. The molecule has 0 aromatic rings. The zero-order valence-electron chi connectivity index (χ0n) is 14.7. The SMILES string of the molecule is CCOC/C(=N/O)C(C)(C)NCCCNC(C)(C)/C(C)=N/O. The van der Waals surface area contributed by atoms with Gasteiger partial charge in [-0.3, -0.25) is 0 Å². The van der Waals surface area contributed by atoms with Crippen molar-refractivity contribution < 1.29 is 15.2 Å². The molecule has 0 heterocycles. The fraction of sp³-hybridized carbons (Fsp3) is 0.867. The third-order valence-corrected chi connectivity index (χ3v) is 3.83. The molecule has 0 aromatic heterocycles. The second kappa shape index (κ2) is 9.76. The van der Waals surface area contributed by atoms with E-state index in [1.165, 1.54) is 0 Å². The van der Waals surface area contributed by atoms with E-state index < -0.39 is 5.54 Å². The molecular weight excluding hydrogens is 284 g/mol. The highest BCUT2D eigenvalue weighted by Crippen LogP contribution is 2.07. The smallest absolute Gasteiger partial charge is 0.102 e. The molecule has 130 valence electrons. The van der Waals surface area contributed by atoms with Crippen LogP contribution in [-0.2, 0) is 4.74 Å². The number of nitrogens with one attached hydrogen (secondary N) is 2. The van der Waals surface area contributed by atoms with Gasteiger partial charge in [0, 0.05) is 6.61 Å². The lowest BCUT2D eigenvalue weighted by Crippen LogP contribution is -2.50. The lowest BCUT2D eigenvalue weighted by Gasteiger charge is -2.28. The summed E-state index contributed by atoms with van der Waals surface area (Å²) >= 11 is 0. The van der Waals surface area contributed by atoms with Crippen LogP contribution in [0.25, 0.3) is 0 Å². The molecule has 0 aromatic carbocycles. The Labute approximate surface area is 133 Å². The fourth-order valence-corrected chi connectivity index (χ4v) is 1.78. The number of ether oxygens (including phenoxy) is 1. The summed E-state index contributed by atoms with van der Waals surface area (Å²) in [6, 6.07) is 0. The monoisotopic (exact) mass is 316 g/mol. The van der Waals surface area contributed by atoms with Crippen LogP contribution in [0.5, 0.6) is 0 Å². The Hall–Kier alpha value is -1.18. The number of rotatable bonds is 11. The van der Waals surface area contributed by atoms with Crippen LogP contribution in [0.15, 0.2) is 10.3 Å². The van der Waals surface area contributed by atoms with Gasteiger partial charge in [-0.2, -0.15) is 0 Å². The first kappa shape index (κ1) is 20.8. The maximum absolute atomic E-state index is 9.10. The lowest BCUT2D eigenvalue weighted by molar-refractivity contribution is 0.177. The van der Waals surface area contributed by atoms with Gasteiger partial charge >= 0.3 is 0 Å². The number of oxime groups is 2. The van der Waals surface area contributed by atoms with E-state index in [2.05, 4.69) is 20.9 Å². The molecule has 4 N–H and O–H groups in total. The number of hydrogen-bond acceptors (Lipinski definition) is 7. The maximum Gasteiger partial charge on any atom is 0.102 e. The van der Waals surface area contributed by atoms with E-state index in [0.29, 0.717) is 24.6 Å². The average molecular weight is 316 g/mol. The van der Waals surface area contributed by atoms with Gasteiger partial charge in [-0.15, -0.1) is 0 Å². The largest absolute Gasteiger partial charge is 0.411 e. The molecule has 0 saturated heterocycles. The zero-order chi connectivity index (χ0) is 17.2. The van der Waals surface area contributed by atoms with Gasteiger partial charge in [0.2, 0.25) is 0 Å². The van der Waals surface area contributed by atoms with Gasteiger partial charge in [-0.1, -0.05) is 10.3 Å². The van der Waals surface area contributed by atoms with E-state index in [4.69, 9.17) is 15.2 Å². The maximum atomic E-state index is 9.10. The molecule has 0 aliphatic rings. The topological polar surface area (TPSA) is 98.5 Å². The van der Waals surface area contributed by atoms with Crippen LogP contribution in [0.3, 0.4) is 0 Å². The van der Waals surface area contributed by atoms with E-state index in [1.54, 1.807) is 6.92 Å². The van der Waals surface area contributed by atoms with Gasteiger partial charge in [0.1, 0.15) is 5.71 Å². The van der Waals surface area contributed by atoms with Crippen LogP contribution in [0.2, 0.25) is 0 Å². The van der Waals surface area contributed by atoms with Crippen molar-refractivity contribution in [3.05, 3.63) is 0 Å². The van der Waals surface area contributed by atoms with Gasteiger partial charge < -0.3 is 25.8 Å². The highest BCUT2D eigenvalue weighted by molar-refractivity contribution is 5.93. The van der Waals surface area contributed by atoms with Gasteiger partial charge in [0.15, 0.2) is 0 Å². The summed E-state index contributed by atoms with van der Waals surface area (Å²) in [5.74, 6) is 0. The fourth-order valence-electron chi connectivity index (χ4n) is 1.78. The van der Waals surface area contributed by atoms with Crippen LogP contribution in [0.1, 0.15) is 48.0 Å². The third-order valence-electron chi connectivity index (χ3n) is 3.83. The Kier molecular flexibility index (Phi) is 9.24. The molecule has 0 unspecified atom stereocenters. The first-order chi connectivity index (χ1) is 10.2. The highest BCUT2D eigenvalue weighted by Gasteiger charge is 2.25. The molecule has 0 amide bonds. The van der Waals surface area contributed by atoms with Crippen LogP contribution < -0.4 is 10.6 Å². The number of nitrogens with zero attached hydrogens (tertiary/aromatic N) is 2. The molecule has 7 nitrogen and oxygen atoms in total. The van der Waals surface area contributed by atoms with Gasteiger partial charge in [0.25, 0.3) is 0 Å². The van der Waals surface area contributed by atoms with Crippen LogP contribution in [0, 0.1) is 0 Å². The van der Waals surface area contributed by atoms with Gasteiger partial charge in [0.05, 0.1) is 23.4 Å². The highest BCUT2D eigenvalue weighted by atomic mass is 16.5. The Morgan fingerprint density at radius 3 is 2.00 bits per heavy atom. The van der Waals surface area contributed by atoms with Crippen molar-refractivity contribution in [2.24, 2.45) is 10.3 Å². The molecule has 0 radical (unpaired) electrons. The molecule has 0 bridgehead atoms. The standard InChI is InChI=1S/C15H32N4O3/c1-7-22-11-13(19-21)15(5,6)17-10-8-9-16-14(3,4)12(2)18-20/h16-17,20-21H,7-11H2,1-6H3/b18-12+,19-13-. The Balaban J connectivity index is 4.19. The lowest BCUT2D eigenvalue weighted by atomic mass is 9.98. The third kappa shape index (κ3) is 7.20. The van der Waals surface area contributed by atoms with Crippen molar-refractivity contribution in [2.75, 3.05) is 26.3 Å². The Morgan fingerprint density at radius 2 is 1.55 bits per heavy atom. The molecule has 0 aliphatic heterocycles. The Bertz CT molecular complexity index is 379. The van der Waals surface area contributed by atoms with Crippen molar-refractivity contribution >= 4 is 11.4 Å². The molecule has 7 heteroatoms. The summed E-state index contributed by atoms with van der Waals surface area (Å²) in [5, 5.41) is 31.2. The second-order valence-corrected chi connectivity index (χ2v) is 6.33. The van der Waals surface area contributed by atoms with Gasteiger partial charge in [-0.05, 0) is 61.1 Å². The van der Waals surface area contributed by atoms with Crippen LogP contribution in [-0.4, -0.2) is 59.2 Å². The Morgan fingerprint density at radius 1 is 1.00 bits per heavy atom. The summed E-state index contributed by atoms with van der Waals surface area (Å²) in [5.41, 5.74) is 0.455. The summed E-state index contributed by atoms with van der Waals surface area (Å²) in [6.45, 7) is 14.0. The minimum Gasteiger partial charge on any atom is -0.411 e. The quantitative estimate of drug-likeness (QED) is 0.202. The molecule has 0 fully saturated rings.